The lowest BCUT2D eigenvalue weighted by atomic mass is 10.3. The van der Waals surface area contributed by atoms with Crippen LogP contribution in [0.3, 0.4) is 0 Å². The molecular formula is C14H14FN5. The van der Waals surface area contributed by atoms with Crippen LogP contribution in [0.1, 0.15) is 18.4 Å². The van der Waals surface area contributed by atoms with Gasteiger partial charge in [-0.3, -0.25) is 0 Å². The molecular weight excluding hydrogens is 257 g/mol. The number of hydrogen-bond donors (Lipinski definition) is 1. The highest BCUT2D eigenvalue weighted by molar-refractivity contribution is 5.58. The fourth-order valence-corrected chi connectivity index (χ4v) is 1.98. The minimum absolute atomic E-state index is 0.287. The minimum atomic E-state index is -0.287. The first kappa shape index (κ1) is 12.5. The Hall–Kier alpha value is -2.50. The van der Waals surface area contributed by atoms with Gasteiger partial charge in [0, 0.05) is 23.9 Å². The predicted molar refractivity (Wildman–Crippen MR) is 74.6 cm³/mol. The summed E-state index contributed by atoms with van der Waals surface area (Å²) in [7, 11) is 0. The molecule has 0 radical (unpaired) electrons. The van der Waals surface area contributed by atoms with E-state index in [1.165, 1.54) is 12.1 Å². The second-order valence-electron chi connectivity index (χ2n) is 4.51. The molecule has 2 aromatic heterocycles. The number of fused-ring (bicyclic) bond motifs is 1. The van der Waals surface area contributed by atoms with Gasteiger partial charge in [0.25, 0.3) is 5.78 Å². The average molecular weight is 271 g/mol. The molecule has 0 aliphatic rings. The topological polar surface area (TPSA) is 55.1 Å². The van der Waals surface area contributed by atoms with Gasteiger partial charge >= 0.3 is 0 Å². The van der Waals surface area contributed by atoms with Gasteiger partial charge in [0.2, 0.25) is 0 Å². The third kappa shape index (κ3) is 2.32. The minimum Gasteiger partial charge on any atom is -0.340 e. The van der Waals surface area contributed by atoms with Gasteiger partial charge in [0.15, 0.2) is 5.82 Å². The summed E-state index contributed by atoms with van der Waals surface area (Å²) in [5, 5.41) is 7.52. The fraction of sp³-hybridized carbons (Fsp3) is 0.214. The van der Waals surface area contributed by atoms with E-state index in [0.717, 1.165) is 17.9 Å². The zero-order chi connectivity index (χ0) is 14.1. The quantitative estimate of drug-likeness (QED) is 0.795. The third-order valence-electron chi connectivity index (χ3n) is 2.90. The summed E-state index contributed by atoms with van der Waals surface area (Å²) < 4.78 is 14.9. The summed E-state index contributed by atoms with van der Waals surface area (Å²) in [6.45, 7) is 3.87. The first-order valence-electron chi connectivity index (χ1n) is 6.41. The van der Waals surface area contributed by atoms with Crippen molar-refractivity contribution in [3.63, 3.8) is 0 Å². The van der Waals surface area contributed by atoms with E-state index in [-0.39, 0.29) is 5.82 Å². The Kier molecular flexibility index (Phi) is 3.06. The maximum Gasteiger partial charge on any atom is 0.254 e. The largest absolute Gasteiger partial charge is 0.340 e. The number of anilines is 2. The van der Waals surface area contributed by atoms with Gasteiger partial charge in [0.05, 0.1) is 0 Å². The van der Waals surface area contributed by atoms with E-state index in [1.54, 1.807) is 16.6 Å². The van der Waals surface area contributed by atoms with Gasteiger partial charge in [-0.25, -0.2) is 9.37 Å². The second kappa shape index (κ2) is 4.88. The zero-order valence-electron chi connectivity index (χ0n) is 11.3. The molecule has 2 heterocycles. The van der Waals surface area contributed by atoms with Crippen LogP contribution in [0, 0.1) is 12.7 Å². The number of benzene rings is 1. The molecule has 0 saturated heterocycles. The van der Waals surface area contributed by atoms with Gasteiger partial charge in [-0.05, 0) is 25.1 Å². The van der Waals surface area contributed by atoms with Gasteiger partial charge in [-0.15, -0.1) is 5.10 Å². The molecule has 0 atom stereocenters. The Morgan fingerprint density at radius 3 is 2.85 bits per heavy atom. The maximum atomic E-state index is 13.2. The molecule has 20 heavy (non-hydrogen) atoms. The van der Waals surface area contributed by atoms with Crippen LogP contribution in [0.5, 0.6) is 0 Å². The smallest absolute Gasteiger partial charge is 0.254 e. The molecule has 3 aromatic rings. The fourth-order valence-electron chi connectivity index (χ4n) is 1.98. The van der Waals surface area contributed by atoms with Crippen molar-refractivity contribution >= 4 is 17.3 Å². The number of hydrogen-bond acceptors (Lipinski definition) is 4. The van der Waals surface area contributed by atoms with E-state index in [4.69, 9.17) is 0 Å². The molecule has 0 saturated carbocycles. The van der Waals surface area contributed by atoms with Crippen LogP contribution < -0.4 is 5.32 Å². The Morgan fingerprint density at radius 1 is 1.25 bits per heavy atom. The van der Waals surface area contributed by atoms with Crippen LogP contribution >= 0.6 is 0 Å². The van der Waals surface area contributed by atoms with Crippen LogP contribution in [0.25, 0.3) is 5.78 Å². The molecule has 0 unspecified atom stereocenters. The number of nitrogens with one attached hydrogen (secondary N) is 1. The lowest BCUT2D eigenvalue weighted by Crippen LogP contribution is -2.03. The van der Waals surface area contributed by atoms with Crippen molar-refractivity contribution in [2.45, 2.75) is 20.3 Å². The normalized spacial score (nSPS) is 10.9. The van der Waals surface area contributed by atoms with Crippen molar-refractivity contribution in [2.24, 2.45) is 0 Å². The molecule has 1 N–H and O–H groups in total. The summed E-state index contributed by atoms with van der Waals surface area (Å²) in [4.78, 5) is 8.68. The lowest BCUT2D eigenvalue weighted by Gasteiger charge is -2.08. The molecule has 5 nitrogen and oxygen atoms in total. The van der Waals surface area contributed by atoms with Gasteiger partial charge in [-0.1, -0.05) is 13.0 Å². The summed E-state index contributed by atoms with van der Waals surface area (Å²) in [6, 6.07) is 8.14. The van der Waals surface area contributed by atoms with Crippen molar-refractivity contribution < 1.29 is 4.39 Å². The SMILES string of the molecule is CCc1nc2nc(C)cc(Nc3cccc(F)c3)n2n1. The van der Waals surface area contributed by atoms with Gasteiger partial charge in [-0.2, -0.15) is 9.50 Å². The van der Waals surface area contributed by atoms with E-state index in [9.17, 15) is 4.39 Å². The summed E-state index contributed by atoms with van der Waals surface area (Å²) in [5.41, 5.74) is 1.48. The van der Waals surface area contributed by atoms with Crippen LogP contribution in [0.4, 0.5) is 15.9 Å². The van der Waals surface area contributed by atoms with E-state index >= 15 is 0 Å². The Balaban J connectivity index is 2.08. The van der Waals surface area contributed by atoms with Crippen molar-refractivity contribution in [3.05, 3.63) is 47.7 Å². The van der Waals surface area contributed by atoms with Crippen molar-refractivity contribution in [1.29, 1.82) is 0 Å². The van der Waals surface area contributed by atoms with Crippen LogP contribution in [0.2, 0.25) is 0 Å². The summed E-state index contributed by atoms with van der Waals surface area (Å²) >= 11 is 0. The number of aromatic nitrogens is 4. The molecule has 1 aromatic carbocycles. The van der Waals surface area contributed by atoms with E-state index in [2.05, 4.69) is 20.4 Å². The zero-order valence-corrected chi connectivity index (χ0v) is 11.3. The summed E-state index contributed by atoms with van der Waals surface area (Å²) in [5.74, 6) is 1.70. The van der Waals surface area contributed by atoms with E-state index < -0.39 is 0 Å². The number of aryl methyl sites for hydroxylation is 2. The van der Waals surface area contributed by atoms with Crippen LogP contribution in [-0.2, 0) is 6.42 Å². The summed E-state index contributed by atoms with van der Waals surface area (Å²) in [6.07, 6.45) is 0.738. The first-order valence-corrected chi connectivity index (χ1v) is 6.41. The first-order chi connectivity index (χ1) is 9.65. The predicted octanol–water partition coefficient (Wildman–Crippen LogP) is 2.88. The van der Waals surface area contributed by atoms with Crippen LogP contribution in [-0.4, -0.2) is 19.6 Å². The van der Waals surface area contributed by atoms with E-state index in [0.29, 0.717) is 17.3 Å². The van der Waals surface area contributed by atoms with E-state index in [1.807, 2.05) is 19.9 Å². The number of rotatable bonds is 3. The maximum absolute atomic E-state index is 13.2. The van der Waals surface area contributed by atoms with Crippen molar-refractivity contribution in [2.75, 3.05) is 5.32 Å². The molecule has 0 fully saturated rings. The van der Waals surface area contributed by atoms with Crippen molar-refractivity contribution in [3.8, 4) is 0 Å². The highest BCUT2D eigenvalue weighted by Gasteiger charge is 2.09. The van der Waals surface area contributed by atoms with Gasteiger partial charge < -0.3 is 5.32 Å². The monoisotopic (exact) mass is 271 g/mol. The second-order valence-corrected chi connectivity index (χ2v) is 4.51. The number of nitrogens with zero attached hydrogens (tertiary/aromatic N) is 4. The Labute approximate surface area is 115 Å². The average Bonchev–Trinajstić information content (AvgIpc) is 2.82. The highest BCUT2D eigenvalue weighted by atomic mass is 19.1. The highest BCUT2D eigenvalue weighted by Crippen LogP contribution is 2.18. The molecule has 3 rings (SSSR count). The van der Waals surface area contributed by atoms with Crippen LogP contribution in [0.15, 0.2) is 30.3 Å². The number of halogens is 1. The molecule has 0 aliphatic carbocycles. The molecule has 6 heteroatoms. The lowest BCUT2D eigenvalue weighted by molar-refractivity contribution is 0.628. The van der Waals surface area contributed by atoms with Gasteiger partial charge in [0.1, 0.15) is 11.6 Å². The Bertz CT molecular complexity index is 765. The third-order valence-corrected chi connectivity index (χ3v) is 2.90. The molecule has 0 spiro atoms. The molecule has 0 aliphatic heterocycles. The molecule has 102 valence electrons. The molecule has 0 bridgehead atoms. The molecule has 0 amide bonds. The standard InChI is InChI=1S/C14H14FN5/c1-3-12-18-14-16-9(2)7-13(20(14)19-12)17-11-6-4-5-10(15)8-11/h4-8,17H,3H2,1-2H3. The van der Waals surface area contributed by atoms with Crippen molar-refractivity contribution in [1.82, 2.24) is 19.6 Å². The Morgan fingerprint density at radius 2 is 2.10 bits per heavy atom.